The first-order chi connectivity index (χ1) is 9.85. The largest absolute Gasteiger partial charge is 0.391 e. The molecule has 0 atom stereocenters. The van der Waals surface area contributed by atoms with E-state index in [1.807, 2.05) is 0 Å². The molecule has 1 fully saturated rings. The van der Waals surface area contributed by atoms with E-state index in [4.69, 9.17) is 18.0 Å². The molecule has 0 unspecified atom stereocenters. The third-order valence-corrected chi connectivity index (χ3v) is 4.17. The molecule has 1 amide bonds. The number of amides is 1. The van der Waals surface area contributed by atoms with Crippen LogP contribution < -0.4 is 11.1 Å². The molecule has 0 radical (unpaired) electrons. The fourth-order valence-electron chi connectivity index (χ4n) is 2.56. The summed E-state index contributed by atoms with van der Waals surface area (Å²) in [6.07, 6.45) is 3.88. The second kappa shape index (κ2) is 6.01. The van der Waals surface area contributed by atoms with Crippen LogP contribution in [0, 0.1) is 17.5 Å². The zero-order chi connectivity index (χ0) is 15.6. The summed E-state index contributed by atoms with van der Waals surface area (Å²) in [7, 11) is 0. The van der Waals surface area contributed by atoms with Gasteiger partial charge in [-0.2, -0.15) is 0 Å². The molecule has 7 heteroatoms. The van der Waals surface area contributed by atoms with E-state index in [0.717, 1.165) is 19.3 Å². The van der Waals surface area contributed by atoms with Crippen LogP contribution in [0.4, 0.5) is 13.2 Å². The Hall–Kier alpha value is -1.63. The summed E-state index contributed by atoms with van der Waals surface area (Å²) < 4.78 is 39.3. The fraction of sp³-hybridized carbons (Fsp3) is 0.429. The van der Waals surface area contributed by atoms with Crippen LogP contribution in [0.1, 0.15) is 42.5 Å². The number of rotatable bonds is 3. The van der Waals surface area contributed by atoms with Crippen molar-refractivity contribution in [2.45, 2.75) is 37.6 Å². The van der Waals surface area contributed by atoms with Crippen molar-refractivity contribution in [2.24, 2.45) is 5.73 Å². The summed E-state index contributed by atoms with van der Waals surface area (Å²) in [6.45, 7) is 0. The number of nitrogens with one attached hydrogen (secondary N) is 1. The molecule has 2 rings (SSSR count). The molecule has 1 aromatic rings. The topological polar surface area (TPSA) is 55.1 Å². The Bertz CT molecular complexity index is 563. The minimum absolute atomic E-state index is 0.151. The lowest BCUT2D eigenvalue weighted by Crippen LogP contribution is -2.57. The summed E-state index contributed by atoms with van der Waals surface area (Å²) in [5, 5.41) is 2.66. The Morgan fingerprint density at radius 3 is 2.14 bits per heavy atom. The first-order valence-electron chi connectivity index (χ1n) is 6.63. The Kier molecular flexibility index (Phi) is 4.51. The van der Waals surface area contributed by atoms with Gasteiger partial charge in [0, 0.05) is 5.56 Å². The van der Waals surface area contributed by atoms with Gasteiger partial charge in [0.2, 0.25) is 0 Å². The van der Waals surface area contributed by atoms with E-state index in [2.05, 4.69) is 5.32 Å². The highest BCUT2D eigenvalue weighted by molar-refractivity contribution is 7.80. The van der Waals surface area contributed by atoms with E-state index in [0.29, 0.717) is 25.0 Å². The van der Waals surface area contributed by atoms with Crippen molar-refractivity contribution >= 4 is 23.1 Å². The van der Waals surface area contributed by atoms with Crippen LogP contribution in [0.25, 0.3) is 0 Å². The molecular weight excluding hydrogens is 301 g/mol. The van der Waals surface area contributed by atoms with Crippen LogP contribution in [0.15, 0.2) is 12.1 Å². The highest BCUT2D eigenvalue weighted by atomic mass is 32.1. The summed E-state index contributed by atoms with van der Waals surface area (Å²) in [5.74, 6) is -5.14. The van der Waals surface area contributed by atoms with Crippen molar-refractivity contribution < 1.29 is 18.0 Å². The fourth-order valence-corrected chi connectivity index (χ4v) is 2.82. The number of hydrogen-bond acceptors (Lipinski definition) is 2. The number of benzene rings is 1. The van der Waals surface area contributed by atoms with Gasteiger partial charge in [-0.15, -0.1) is 0 Å². The smallest absolute Gasteiger partial charge is 0.252 e. The third-order valence-electron chi connectivity index (χ3n) is 3.78. The van der Waals surface area contributed by atoms with Crippen LogP contribution >= 0.6 is 12.2 Å². The lowest BCUT2D eigenvalue weighted by molar-refractivity contribution is 0.0907. The van der Waals surface area contributed by atoms with Gasteiger partial charge in [-0.05, 0) is 25.0 Å². The van der Waals surface area contributed by atoms with Crippen molar-refractivity contribution in [3.8, 4) is 0 Å². The number of halogens is 3. The predicted molar refractivity (Wildman–Crippen MR) is 76.4 cm³/mol. The third kappa shape index (κ3) is 3.18. The quantitative estimate of drug-likeness (QED) is 0.666. The minimum atomic E-state index is -1.60. The van der Waals surface area contributed by atoms with E-state index in [9.17, 15) is 18.0 Å². The van der Waals surface area contributed by atoms with Gasteiger partial charge in [-0.1, -0.05) is 31.5 Å². The van der Waals surface area contributed by atoms with Crippen LogP contribution in [-0.2, 0) is 0 Å². The molecule has 1 aliphatic rings. The minimum Gasteiger partial charge on any atom is -0.391 e. The first-order valence-corrected chi connectivity index (χ1v) is 7.03. The van der Waals surface area contributed by atoms with E-state index >= 15 is 0 Å². The number of thiocarbonyl (C=S) groups is 1. The molecule has 1 aromatic carbocycles. The maximum Gasteiger partial charge on any atom is 0.252 e. The van der Waals surface area contributed by atoms with Crippen molar-refractivity contribution in [1.82, 2.24) is 5.32 Å². The van der Waals surface area contributed by atoms with Crippen LogP contribution in [-0.4, -0.2) is 16.4 Å². The molecule has 0 spiro atoms. The van der Waals surface area contributed by atoms with Gasteiger partial charge in [0.25, 0.3) is 5.91 Å². The molecule has 114 valence electrons. The van der Waals surface area contributed by atoms with Crippen molar-refractivity contribution in [2.75, 3.05) is 0 Å². The Balaban J connectivity index is 2.25. The van der Waals surface area contributed by atoms with Gasteiger partial charge >= 0.3 is 0 Å². The molecule has 21 heavy (non-hydrogen) atoms. The number of carbonyl (C=O) groups excluding carboxylic acids is 1. The Labute approximate surface area is 125 Å². The van der Waals surface area contributed by atoms with Gasteiger partial charge in [0.15, 0.2) is 17.5 Å². The van der Waals surface area contributed by atoms with Gasteiger partial charge in [0.1, 0.15) is 0 Å². The summed E-state index contributed by atoms with van der Waals surface area (Å²) in [6, 6.07) is 1.31. The molecule has 0 bridgehead atoms. The second-order valence-corrected chi connectivity index (χ2v) is 5.65. The molecule has 1 aliphatic carbocycles. The standard InChI is InChI=1S/C14H15F3N2OS/c15-9-6-8(7-10(16)11(9)17)12(20)19-14(13(18)21)4-2-1-3-5-14/h6-7H,1-5H2,(H2,18,21)(H,19,20). The summed E-state index contributed by atoms with van der Waals surface area (Å²) in [4.78, 5) is 12.3. The summed E-state index contributed by atoms with van der Waals surface area (Å²) in [5.41, 5.74) is 4.58. The molecule has 0 saturated heterocycles. The van der Waals surface area contributed by atoms with Gasteiger partial charge in [0.05, 0.1) is 10.5 Å². The number of carbonyl (C=O) groups is 1. The molecule has 3 N–H and O–H groups in total. The average Bonchev–Trinajstić information content (AvgIpc) is 2.45. The van der Waals surface area contributed by atoms with E-state index in [-0.39, 0.29) is 10.6 Å². The number of nitrogens with two attached hydrogens (primary N) is 1. The van der Waals surface area contributed by atoms with Crippen molar-refractivity contribution in [1.29, 1.82) is 0 Å². The highest BCUT2D eigenvalue weighted by Crippen LogP contribution is 2.29. The predicted octanol–water partition coefficient (Wildman–Crippen LogP) is 2.82. The second-order valence-electron chi connectivity index (χ2n) is 5.22. The Morgan fingerprint density at radius 1 is 1.14 bits per heavy atom. The Morgan fingerprint density at radius 2 is 1.67 bits per heavy atom. The van der Waals surface area contributed by atoms with E-state index < -0.39 is 28.9 Å². The van der Waals surface area contributed by atoms with Crippen LogP contribution in [0.2, 0.25) is 0 Å². The maximum absolute atomic E-state index is 13.2. The molecule has 1 saturated carbocycles. The van der Waals surface area contributed by atoms with Gasteiger partial charge in [-0.3, -0.25) is 4.79 Å². The zero-order valence-corrected chi connectivity index (χ0v) is 12.0. The highest BCUT2D eigenvalue weighted by Gasteiger charge is 2.36. The normalized spacial score (nSPS) is 17.3. The molecule has 3 nitrogen and oxygen atoms in total. The molecule has 0 aromatic heterocycles. The van der Waals surface area contributed by atoms with E-state index in [1.54, 1.807) is 0 Å². The van der Waals surface area contributed by atoms with Gasteiger partial charge in [-0.25, -0.2) is 13.2 Å². The van der Waals surface area contributed by atoms with Crippen molar-refractivity contribution in [3.63, 3.8) is 0 Å². The van der Waals surface area contributed by atoms with E-state index in [1.165, 1.54) is 0 Å². The zero-order valence-electron chi connectivity index (χ0n) is 11.2. The lowest BCUT2D eigenvalue weighted by atomic mass is 9.81. The molecular formula is C14H15F3N2OS. The maximum atomic E-state index is 13.2. The lowest BCUT2D eigenvalue weighted by Gasteiger charge is -2.37. The average molecular weight is 316 g/mol. The van der Waals surface area contributed by atoms with Crippen LogP contribution in [0.5, 0.6) is 0 Å². The SMILES string of the molecule is NC(=S)C1(NC(=O)c2cc(F)c(F)c(F)c2)CCCCC1. The monoisotopic (exact) mass is 316 g/mol. The number of hydrogen-bond donors (Lipinski definition) is 2. The van der Waals surface area contributed by atoms with Crippen LogP contribution in [0.3, 0.4) is 0 Å². The van der Waals surface area contributed by atoms with Gasteiger partial charge < -0.3 is 11.1 Å². The van der Waals surface area contributed by atoms with Crippen molar-refractivity contribution in [3.05, 3.63) is 35.1 Å². The molecule has 0 aliphatic heterocycles. The summed E-state index contributed by atoms with van der Waals surface area (Å²) >= 11 is 5.02. The molecule has 0 heterocycles. The first kappa shape index (κ1) is 15.8.